The van der Waals surface area contributed by atoms with Crippen molar-refractivity contribution in [1.82, 2.24) is 10.6 Å². The summed E-state index contributed by atoms with van der Waals surface area (Å²) in [5.41, 5.74) is 0. The molecule has 0 atom stereocenters. The Kier molecular flexibility index (Phi) is 12.1. The second kappa shape index (κ2) is 10.4. The molecular weight excluding hydrogens is 180 g/mol. The maximum Gasteiger partial charge on any atom is 0.317 e. The first-order valence-corrected chi connectivity index (χ1v) is 3.51. The Morgan fingerprint density at radius 2 is 2.00 bits per heavy atom. The van der Waals surface area contributed by atoms with Gasteiger partial charge in [-0.05, 0) is 0 Å². The highest BCUT2D eigenvalue weighted by Crippen LogP contribution is 1.62. The fourth-order valence-corrected chi connectivity index (χ4v) is 0.576. The number of hydrogen-bond acceptors (Lipinski definition) is 3. The molecule has 4 nitrogen and oxygen atoms in total. The lowest BCUT2D eigenvalue weighted by atomic mass is 10.5. The van der Waals surface area contributed by atoms with Crippen LogP contribution < -0.4 is 10.6 Å². The molecule has 72 valence electrons. The summed E-state index contributed by atoms with van der Waals surface area (Å²) in [5.74, 6) is -0.825. The van der Waals surface area contributed by atoms with Crippen molar-refractivity contribution in [3.8, 4) is 0 Å². The lowest BCUT2D eigenvalue weighted by Crippen LogP contribution is -2.30. The van der Waals surface area contributed by atoms with Gasteiger partial charge >= 0.3 is 5.97 Å². The van der Waals surface area contributed by atoms with Crippen LogP contribution in [0, 0.1) is 0 Å². The first kappa shape index (κ1) is 14.0. The molecule has 0 aromatic carbocycles. The summed E-state index contributed by atoms with van der Waals surface area (Å²) in [7, 11) is 0. The van der Waals surface area contributed by atoms with Crippen LogP contribution in [0.2, 0.25) is 0 Å². The van der Waals surface area contributed by atoms with E-state index in [0.717, 1.165) is 13.1 Å². The van der Waals surface area contributed by atoms with Crippen LogP contribution in [0.25, 0.3) is 0 Å². The quantitative estimate of drug-likeness (QED) is 0.390. The molecule has 0 radical (unpaired) electrons. The van der Waals surface area contributed by atoms with Crippen molar-refractivity contribution in [3.63, 3.8) is 0 Å². The van der Waals surface area contributed by atoms with E-state index in [4.69, 9.17) is 5.11 Å². The van der Waals surface area contributed by atoms with Gasteiger partial charge in [-0.25, -0.2) is 0 Å². The van der Waals surface area contributed by atoms with Crippen LogP contribution in [0.5, 0.6) is 0 Å². The number of aliphatic carboxylic acids is 1. The molecule has 0 bridgehead atoms. The lowest BCUT2D eigenvalue weighted by Gasteiger charge is -2.01. The van der Waals surface area contributed by atoms with E-state index in [2.05, 4.69) is 17.2 Å². The number of nitrogens with one attached hydrogen (secondary N) is 2. The smallest absolute Gasteiger partial charge is 0.317 e. The topological polar surface area (TPSA) is 61.4 Å². The number of carboxylic acid groups (broad SMARTS) is 1. The predicted molar refractivity (Wildman–Crippen MR) is 50.8 cm³/mol. The van der Waals surface area contributed by atoms with E-state index in [-0.39, 0.29) is 19.0 Å². The highest BCUT2D eigenvalue weighted by atomic mass is 35.5. The normalized spacial score (nSPS) is 8.67. The fourth-order valence-electron chi connectivity index (χ4n) is 0.576. The molecule has 0 aliphatic carbocycles. The van der Waals surface area contributed by atoms with Crippen LogP contribution in [0.15, 0.2) is 12.7 Å². The molecular formula is C7H15ClN2O2. The zero-order chi connectivity index (χ0) is 8.53. The summed E-state index contributed by atoms with van der Waals surface area (Å²) in [4.78, 5) is 9.99. The summed E-state index contributed by atoms with van der Waals surface area (Å²) in [5, 5.41) is 14.0. The van der Waals surface area contributed by atoms with Gasteiger partial charge in [0.15, 0.2) is 0 Å². The maximum absolute atomic E-state index is 9.99. The number of carboxylic acids is 1. The lowest BCUT2D eigenvalue weighted by molar-refractivity contribution is -0.135. The summed E-state index contributed by atoms with van der Waals surface area (Å²) < 4.78 is 0. The third kappa shape index (κ3) is 12.1. The van der Waals surface area contributed by atoms with Crippen LogP contribution in [-0.4, -0.2) is 37.3 Å². The Morgan fingerprint density at radius 1 is 1.42 bits per heavy atom. The van der Waals surface area contributed by atoms with Crippen molar-refractivity contribution in [1.29, 1.82) is 0 Å². The standard InChI is InChI=1S/C7H14N2O2.ClH/c1-2-3-8-4-5-9-6-7(10)11;/h2,8-9H,1,3-6H2,(H,10,11);1H. The highest BCUT2D eigenvalue weighted by molar-refractivity contribution is 5.85. The van der Waals surface area contributed by atoms with Gasteiger partial charge in [-0.1, -0.05) is 6.08 Å². The van der Waals surface area contributed by atoms with E-state index < -0.39 is 5.97 Å². The van der Waals surface area contributed by atoms with E-state index in [1.807, 2.05) is 0 Å². The van der Waals surface area contributed by atoms with Gasteiger partial charge in [0.2, 0.25) is 0 Å². The van der Waals surface area contributed by atoms with Crippen LogP contribution in [0.3, 0.4) is 0 Å². The number of rotatable bonds is 7. The Labute approximate surface area is 78.4 Å². The summed E-state index contributed by atoms with van der Waals surface area (Å²) in [6, 6.07) is 0. The van der Waals surface area contributed by atoms with E-state index >= 15 is 0 Å². The molecule has 0 saturated carbocycles. The molecule has 12 heavy (non-hydrogen) atoms. The predicted octanol–water partition coefficient (Wildman–Crippen LogP) is -0.142. The summed E-state index contributed by atoms with van der Waals surface area (Å²) in [6.45, 7) is 5.74. The largest absolute Gasteiger partial charge is 0.480 e. The fraction of sp³-hybridized carbons (Fsp3) is 0.571. The molecule has 0 amide bonds. The van der Waals surface area contributed by atoms with E-state index in [1.165, 1.54) is 0 Å². The molecule has 0 aliphatic rings. The van der Waals surface area contributed by atoms with Crippen molar-refractivity contribution < 1.29 is 9.90 Å². The Bertz CT molecular complexity index is 131. The average molecular weight is 195 g/mol. The number of halogens is 1. The van der Waals surface area contributed by atoms with Gasteiger partial charge in [-0.3, -0.25) is 4.79 Å². The van der Waals surface area contributed by atoms with Crippen molar-refractivity contribution in [2.75, 3.05) is 26.2 Å². The minimum absolute atomic E-state index is 0. The zero-order valence-corrected chi connectivity index (χ0v) is 7.69. The zero-order valence-electron chi connectivity index (χ0n) is 6.88. The first-order chi connectivity index (χ1) is 5.27. The molecule has 3 N–H and O–H groups in total. The maximum atomic E-state index is 9.99. The van der Waals surface area contributed by atoms with Gasteiger partial charge < -0.3 is 15.7 Å². The Morgan fingerprint density at radius 3 is 2.50 bits per heavy atom. The van der Waals surface area contributed by atoms with Crippen LogP contribution >= 0.6 is 12.4 Å². The molecule has 0 rings (SSSR count). The van der Waals surface area contributed by atoms with Gasteiger partial charge in [0.05, 0.1) is 6.54 Å². The van der Waals surface area contributed by atoms with E-state index in [0.29, 0.717) is 6.54 Å². The molecule has 0 fully saturated rings. The number of hydrogen-bond donors (Lipinski definition) is 3. The van der Waals surface area contributed by atoms with Gasteiger partial charge in [0, 0.05) is 19.6 Å². The summed E-state index contributed by atoms with van der Waals surface area (Å²) >= 11 is 0. The third-order valence-corrected chi connectivity index (χ3v) is 1.04. The van der Waals surface area contributed by atoms with Gasteiger partial charge in [-0.15, -0.1) is 19.0 Å². The molecule has 0 spiro atoms. The van der Waals surface area contributed by atoms with Crippen molar-refractivity contribution >= 4 is 18.4 Å². The second-order valence-corrected chi connectivity index (χ2v) is 2.06. The summed E-state index contributed by atoms with van der Waals surface area (Å²) in [6.07, 6.45) is 1.76. The minimum atomic E-state index is -0.825. The molecule has 0 aliphatic heterocycles. The average Bonchev–Trinajstić information content (AvgIpc) is 1.96. The Hall–Kier alpha value is -0.580. The second-order valence-electron chi connectivity index (χ2n) is 2.06. The van der Waals surface area contributed by atoms with E-state index in [1.54, 1.807) is 6.08 Å². The van der Waals surface area contributed by atoms with Gasteiger partial charge in [-0.2, -0.15) is 0 Å². The van der Waals surface area contributed by atoms with Crippen LogP contribution in [0.1, 0.15) is 0 Å². The van der Waals surface area contributed by atoms with Crippen LogP contribution in [0.4, 0.5) is 0 Å². The molecule has 5 heteroatoms. The van der Waals surface area contributed by atoms with E-state index in [9.17, 15) is 4.79 Å². The molecule has 0 saturated heterocycles. The molecule has 0 aromatic rings. The molecule has 0 unspecified atom stereocenters. The third-order valence-electron chi connectivity index (χ3n) is 1.04. The van der Waals surface area contributed by atoms with Gasteiger partial charge in [0.1, 0.15) is 0 Å². The molecule has 0 heterocycles. The minimum Gasteiger partial charge on any atom is -0.480 e. The van der Waals surface area contributed by atoms with Crippen molar-refractivity contribution in [3.05, 3.63) is 12.7 Å². The van der Waals surface area contributed by atoms with Gasteiger partial charge in [0.25, 0.3) is 0 Å². The first-order valence-electron chi connectivity index (χ1n) is 3.51. The monoisotopic (exact) mass is 194 g/mol. The molecule has 0 aromatic heterocycles. The van der Waals surface area contributed by atoms with Crippen molar-refractivity contribution in [2.24, 2.45) is 0 Å². The number of carbonyl (C=O) groups is 1. The highest BCUT2D eigenvalue weighted by Gasteiger charge is 1.92. The van der Waals surface area contributed by atoms with Crippen LogP contribution in [-0.2, 0) is 4.79 Å². The SMILES string of the molecule is C=CCNCCNCC(=O)O.Cl. The van der Waals surface area contributed by atoms with Crippen molar-refractivity contribution in [2.45, 2.75) is 0 Å². The Balaban J connectivity index is 0.